The van der Waals surface area contributed by atoms with Crippen molar-refractivity contribution in [3.05, 3.63) is 54.1 Å². The van der Waals surface area contributed by atoms with E-state index in [0.29, 0.717) is 24.7 Å². The molecule has 1 atom stereocenters. The second-order valence-electron chi connectivity index (χ2n) is 8.08. The normalized spacial score (nSPS) is 18.8. The van der Waals surface area contributed by atoms with E-state index in [1.165, 1.54) is 17.7 Å². The minimum Gasteiger partial charge on any atom is -0.490 e. The van der Waals surface area contributed by atoms with Crippen LogP contribution in [0.3, 0.4) is 0 Å². The first-order chi connectivity index (χ1) is 15.5. The molecule has 2 aromatic rings. The van der Waals surface area contributed by atoms with Crippen LogP contribution >= 0.6 is 0 Å². The fourth-order valence-electron chi connectivity index (χ4n) is 3.93. The maximum absolute atomic E-state index is 12.6. The maximum Gasteiger partial charge on any atom is 0.240 e. The topological polar surface area (TPSA) is 97.0 Å². The van der Waals surface area contributed by atoms with Gasteiger partial charge in [0, 0.05) is 51.1 Å². The molecule has 2 aliphatic rings. The van der Waals surface area contributed by atoms with E-state index < -0.39 is 10.0 Å². The summed E-state index contributed by atoms with van der Waals surface area (Å²) in [6.45, 7) is 3.64. The molecular weight excluding hydrogens is 430 g/mol. The van der Waals surface area contributed by atoms with Gasteiger partial charge < -0.3 is 14.8 Å². The number of likely N-dealkylation sites (tertiary alicyclic amines) is 1. The minimum absolute atomic E-state index is 0.0308. The summed E-state index contributed by atoms with van der Waals surface area (Å²) in [4.78, 5) is 14.7. The number of fused-ring (bicyclic) bond motifs is 1. The monoisotopic (exact) mass is 459 g/mol. The number of sulfonamides is 1. The smallest absolute Gasteiger partial charge is 0.240 e. The van der Waals surface area contributed by atoms with E-state index in [1.807, 2.05) is 18.2 Å². The van der Waals surface area contributed by atoms with E-state index in [2.05, 4.69) is 27.1 Å². The van der Waals surface area contributed by atoms with E-state index in [9.17, 15) is 13.2 Å². The van der Waals surface area contributed by atoms with Crippen molar-refractivity contribution in [2.24, 2.45) is 0 Å². The zero-order valence-corrected chi connectivity index (χ0v) is 18.8. The lowest BCUT2D eigenvalue weighted by atomic mass is 10.2. The SMILES string of the molecule is O=C(CCNS(=O)(=O)c1ccc2c(c1)OCCCO2)NC1CCN(Cc2ccccc2)C1. The Morgan fingerprint density at radius 3 is 2.66 bits per heavy atom. The van der Waals surface area contributed by atoms with Crippen LogP contribution in [0, 0.1) is 0 Å². The number of carbonyl (C=O) groups is 1. The molecule has 0 aliphatic carbocycles. The van der Waals surface area contributed by atoms with Gasteiger partial charge in [-0.2, -0.15) is 0 Å². The molecule has 1 unspecified atom stereocenters. The molecule has 4 rings (SSSR count). The Bertz CT molecular complexity index is 1030. The van der Waals surface area contributed by atoms with Crippen molar-refractivity contribution >= 4 is 15.9 Å². The van der Waals surface area contributed by atoms with E-state index in [4.69, 9.17) is 9.47 Å². The lowest BCUT2D eigenvalue weighted by Crippen LogP contribution is -2.38. The first kappa shape index (κ1) is 22.6. The van der Waals surface area contributed by atoms with Crippen molar-refractivity contribution < 1.29 is 22.7 Å². The van der Waals surface area contributed by atoms with Crippen LogP contribution in [-0.2, 0) is 21.4 Å². The van der Waals surface area contributed by atoms with Crippen molar-refractivity contribution in [1.82, 2.24) is 14.9 Å². The quantitative estimate of drug-likeness (QED) is 0.626. The van der Waals surface area contributed by atoms with Crippen LogP contribution in [0.4, 0.5) is 0 Å². The number of ether oxygens (including phenoxy) is 2. The Morgan fingerprint density at radius 2 is 1.84 bits per heavy atom. The summed E-state index contributed by atoms with van der Waals surface area (Å²) in [6, 6.07) is 14.9. The Morgan fingerprint density at radius 1 is 1.06 bits per heavy atom. The number of hydrogen-bond acceptors (Lipinski definition) is 6. The molecule has 1 saturated heterocycles. The zero-order chi connectivity index (χ0) is 22.4. The summed E-state index contributed by atoms with van der Waals surface area (Å²) in [5.41, 5.74) is 1.25. The molecule has 0 aromatic heterocycles. The standard InChI is InChI=1S/C23H29N3O5S/c27-23(25-19-10-12-26(17-19)16-18-5-2-1-3-6-18)9-11-24-32(28,29)20-7-8-21-22(15-20)31-14-4-13-30-21/h1-3,5-8,15,19,24H,4,9-14,16-17H2,(H,25,27). The van der Waals surface area contributed by atoms with Crippen LogP contribution in [0.5, 0.6) is 11.5 Å². The molecule has 172 valence electrons. The van der Waals surface area contributed by atoms with Crippen LogP contribution in [0.25, 0.3) is 0 Å². The summed E-state index contributed by atoms with van der Waals surface area (Å²) >= 11 is 0. The van der Waals surface area contributed by atoms with Crippen LogP contribution < -0.4 is 19.5 Å². The molecule has 32 heavy (non-hydrogen) atoms. The Labute approximate surface area is 189 Å². The molecule has 1 fully saturated rings. The molecule has 0 saturated carbocycles. The molecular formula is C23H29N3O5S. The molecule has 2 aliphatic heterocycles. The third-order valence-corrected chi connectivity index (χ3v) is 7.02. The van der Waals surface area contributed by atoms with Crippen LogP contribution in [0.1, 0.15) is 24.8 Å². The van der Waals surface area contributed by atoms with E-state index in [1.54, 1.807) is 6.07 Å². The molecule has 0 spiro atoms. The van der Waals surface area contributed by atoms with Gasteiger partial charge in [-0.3, -0.25) is 9.69 Å². The first-order valence-corrected chi connectivity index (χ1v) is 12.4. The lowest BCUT2D eigenvalue weighted by molar-refractivity contribution is -0.121. The van der Waals surface area contributed by atoms with Crippen LogP contribution in [-0.4, -0.2) is 58.1 Å². The Kier molecular flexibility index (Phi) is 7.29. The van der Waals surface area contributed by atoms with Gasteiger partial charge in [-0.15, -0.1) is 0 Å². The molecule has 0 bridgehead atoms. The number of nitrogens with zero attached hydrogens (tertiary/aromatic N) is 1. The number of amides is 1. The highest BCUT2D eigenvalue weighted by Crippen LogP contribution is 2.31. The van der Waals surface area contributed by atoms with Gasteiger partial charge in [0.15, 0.2) is 11.5 Å². The van der Waals surface area contributed by atoms with E-state index >= 15 is 0 Å². The summed E-state index contributed by atoms with van der Waals surface area (Å²) in [5, 5.41) is 3.02. The van der Waals surface area contributed by atoms with Gasteiger partial charge in [0.1, 0.15) is 0 Å². The maximum atomic E-state index is 12.6. The van der Waals surface area contributed by atoms with Gasteiger partial charge in [0.2, 0.25) is 15.9 Å². The largest absolute Gasteiger partial charge is 0.490 e. The highest BCUT2D eigenvalue weighted by atomic mass is 32.2. The van der Waals surface area contributed by atoms with E-state index in [0.717, 1.165) is 32.5 Å². The summed E-state index contributed by atoms with van der Waals surface area (Å²) in [5.74, 6) is 0.807. The van der Waals surface area contributed by atoms with Crippen LogP contribution in [0.2, 0.25) is 0 Å². The predicted octanol–water partition coefficient (Wildman–Crippen LogP) is 1.91. The summed E-state index contributed by atoms with van der Waals surface area (Å²) in [6.07, 6.45) is 1.72. The molecule has 0 radical (unpaired) electrons. The van der Waals surface area contributed by atoms with Crippen molar-refractivity contribution in [1.29, 1.82) is 0 Å². The lowest BCUT2D eigenvalue weighted by Gasteiger charge is -2.17. The van der Waals surface area contributed by atoms with Gasteiger partial charge in [-0.25, -0.2) is 13.1 Å². The van der Waals surface area contributed by atoms with Crippen molar-refractivity contribution in [3.63, 3.8) is 0 Å². The Hall–Kier alpha value is -2.62. The number of nitrogens with one attached hydrogen (secondary N) is 2. The van der Waals surface area contributed by atoms with Crippen molar-refractivity contribution in [2.75, 3.05) is 32.8 Å². The minimum atomic E-state index is -3.75. The molecule has 2 aromatic carbocycles. The number of carbonyl (C=O) groups excluding carboxylic acids is 1. The second kappa shape index (κ2) is 10.3. The second-order valence-corrected chi connectivity index (χ2v) is 9.85. The molecule has 9 heteroatoms. The van der Waals surface area contributed by atoms with Gasteiger partial charge >= 0.3 is 0 Å². The third-order valence-electron chi connectivity index (χ3n) is 5.56. The Balaban J connectivity index is 1.22. The fourth-order valence-corrected chi connectivity index (χ4v) is 4.98. The molecule has 8 nitrogen and oxygen atoms in total. The first-order valence-electron chi connectivity index (χ1n) is 10.9. The highest BCUT2D eigenvalue weighted by molar-refractivity contribution is 7.89. The number of rotatable bonds is 8. The van der Waals surface area contributed by atoms with Gasteiger partial charge in [0.25, 0.3) is 0 Å². The van der Waals surface area contributed by atoms with Crippen molar-refractivity contribution in [3.8, 4) is 11.5 Å². The third kappa shape index (κ3) is 5.99. The molecule has 1 amide bonds. The van der Waals surface area contributed by atoms with Gasteiger partial charge in [-0.05, 0) is 24.1 Å². The number of hydrogen-bond donors (Lipinski definition) is 2. The molecule has 2 N–H and O–H groups in total. The average Bonchev–Trinajstić information content (AvgIpc) is 3.07. The summed E-state index contributed by atoms with van der Waals surface area (Å²) < 4.78 is 38.8. The van der Waals surface area contributed by atoms with Gasteiger partial charge in [0.05, 0.1) is 18.1 Å². The van der Waals surface area contributed by atoms with Crippen LogP contribution in [0.15, 0.2) is 53.4 Å². The predicted molar refractivity (Wildman–Crippen MR) is 120 cm³/mol. The summed E-state index contributed by atoms with van der Waals surface area (Å²) in [7, 11) is -3.75. The van der Waals surface area contributed by atoms with Gasteiger partial charge in [-0.1, -0.05) is 30.3 Å². The fraction of sp³-hybridized carbons (Fsp3) is 0.435. The molecule has 2 heterocycles. The van der Waals surface area contributed by atoms with Crippen molar-refractivity contribution in [2.45, 2.75) is 36.7 Å². The zero-order valence-electron chi connectivity index (χ0n) is 18.0. The average molecular weight is 460 g/mol. The highest BCUT2D eigenvalue weighted by Gasteiger charge is 2.24. The van der Waals surface area contributed by atoms with E-state index in [-0.39, 0.29) is 29.8 Å². The number of benzene rings is 2.